The zero-order valence-electron chi connectivity index (χ0n) is 16.9. The molecule has 0 aliphatic heterocycles. The molecule has 0 aromatic heterocycles. The fraction of sp³-hybridized carbons (Fsp3) is 0.0909. The Morgan fingerprint density at radius 3 is 1.77 bits per heavy atom. The Morgan fingerprint density at radius 1 is 0.742 bits per heavy atom. The Balaban J connectivity index is 1.89. The van der Waals surface area contributed by atoms with E-state index in [9.17, 15) is 15.6 Å². The summed E-state index contributed by atoms with van der Waals surface area (Å²) in [5.74, 6) is 0.616. The molecule has 3 unspecified atom stereocenters. The van der Waals surface area contributed by atoms with E-state index in [-0.39, 0.29) is 23.7 Å². The molecule has 0 spiro atoms. The van der Waals surface area contributed by atoms with Gasteiger partial charge in [0.15, 0.2) is 17.2 Å². The Labute approximate surface area is 179 Å². The number of benzene rings is 3. The fourth-order valence-electron chi connectivity index (χ4n) is 2.59. The Kier molecular flexibility index (Phi) is 7.70. The minimum atomic E-state index is -0.805. The summed E-state index contributed by atoms with van der Waals surface area (Å²) >= 11 is 0. The normalized spacial score (nSPS) is 13.8. The molecule has 0 aliphatic rings. The topological polar surface area (TPSA) is 110 Å². The van der Waals surface area contributed by atoms with Crippen LogP contribution in [0, 0.1) is 15.6 Å². The van der Waals surface area contributed by atoms with Gasteiger partial charge < -0.3 is 25.3 Å². The van der Waals surface area contributed by atoms with Crippen molar-refractivity contribution in [3.8, 4) is 11.5 Å². The molecule has 0 saturated heterocycles. The molecule has 0 amide bonds. The highest BCUT2D eigenvalue weighted by molar-refractivity contribution is 5.57. The lowest BCUT2D eigenvalue weighted by Gasteiger charge is -2.27. The number of para-hydroxylation sites is 2. The molecule has 31 heavy (non-hydrogen) atoms. The van der Waals surface area contributed by atoms with Crippen LogP contribution >= 0.6 is 0 Å². The van der Waals surface area contributed by atoms with Crippen molar-refractivity contribution in [1.82, 2.24) is 0 Å². The lowest BCUT2D eigenvalue weighted by molar-refractivity contribution is -0.998. The summed E-state index contributed by atoms with van der Waals surface area (Å²) in [6, 6.07) is 20.8. The van der Waals surface area contributed by atoms with Crippen LogP contribution in [0.2, 0.25) is 0 Å². The summed E-state index contributed by atoms with van der Waals surface area (Å²) in [7, 11) is 0. The Hall–Kier alpha value is -3.28. The highest BCUT2D eigenvalue weighted by Crippen LogP contribution is 2.19. The second-order valence-corrected chi connectivity index (χ2v) is 6.70. The average Bonchev–Trinajstić information content (AvgIpc) is 2.78. The van der Waals surface area contributed by atoms with Crippen molar-refractivity contribution in [2.45, 2.75) is 6.92 Å². The first-order valence-corrected chi connectivity index (χ1v) is 9.44. The first-order valence-electron chi connectivity index (χ1n) is 9.44. The van der Waals surface area contributed by atoms with Gasteiger partial charge >= 0.3 is 0 Å². The summed E-state index contributed by atoms with van der Waals surface area (Å²) in [6.45, 7) is 5.44. The van der Waals surface area contributed by atoms with Crippen LogP contribution in [-0.2, 0) is 4.84 Å². The Morgan fingerprint density at radius 2 is 1.26 bits per heavy atom. The molecule has 0 aliphatic carbocycles. The van der Waals surface area contributed by atoms with Gasteiger partial charge in [0.1, 0.15) is 6.61 Å². The summed E-state index contributed by atoms with van der Waals surface area (Å²) in [6.07, 6.45) is 0. The third-order valence-electron chi connectivity index (χ3n) is 4.05. The van der Waals surface area contributed by atoms with Gasteiger partial charge in [-0.3, -0.25) is 0 Å². The van der Waals surface area contributed by atoms with Crippen molar-refractivity contribution in [2.75, 3.05) is 6.61 Å². The van der Waals surface area contributed by atoms with Crippen LogP contribution in [0.15, 0.2) is 91.0 Å². The summed E-state index contributed by atoms with van der Waals surface area (Å²) in [5.41, 5.74) is 0.605. The zero-order chi connectivity index (χ0) is 22.2. The van der Waals surface area contributed by atoms with Crippen molar-refractivity contribution in [3.63, 3.8) is 0 Å². The van der Waals surface area contributed by atoms with Gasteiger partial charge in [0.05, 0.1) is 6.07 Å². The van der Waals surface area contributed by atoms with Gasteiger partial charge in [-0.1, -0.05) is 43.0 Å². The molecule has 3 N–H and O–H groups in total. The minimum Gasteiger partial charge on any atom is -0.595 e. The molecular formula is C22H23N3O6. The first-order chi connectivity index (χ1) is 14.9. The summed E-state index contributed by atoms with van der Waals surface area (Å²) in [5, 5.41) is 35.7. The standard InChI is InChI=1S/C22H23N3O6/c1-17(2)16-29-23(26)18-13-14-21(24(27)30-19-9-5-3-6-10-19)22(15-18)25(28)31-20-11-7-4-8-12-20/h3-15,23-25H,1,16H2,2H3. The van der Waals surface area contributed by atoms with Crippen molar-refractivity contribution < 1.29 is 30.2 Å². The highest BCUT2D eigenvalue weighted by Gasteiger charge is 2.23. The van der Waals surface area contributed by atoms with Gasteiger partial charge in [-0.25, -0.2) is 0 Å². The monoisotopic (exact) mass is 425 g/mol. The van der Waals surface area contributed by atoms with E-state index in [1.54, 1.807) is 67.6 Å². The zero-order valence-corrected chi connectivity index (χ0v) is 16.9. The second-order valence-electron chi connectivity index (χ2n) is 6.70. The number of hydrogen-bond donors (Lipinski definition) is 3. The van der Waals surface area contributed by atoms with E-state index in [1.165, 1.54) is 18.2 Å². The first kappa shape index (κ1) is 22.4. The third kappa shape index (κ3) is 6.35. The molecule has 0 bridgehead atoms. The van der Waals surface area contributed by atoms with Crippen molar-refractivity contribution >= 4 is 17.1 Å². The number of quaternary nitrogens is 3. The van der Waals surface area contributed by atoms with Gasteiger partial charge in [0.2, 0.25) is 11.4 Å². The lowest BCUT2D eigenvalue weighted by Crippen LogP contribution is -3.09. The molecule has 3 aromatic carbocycles. The predicted molar refractivity (Wildman–Crippen MR) is 113 cm³/mol. The quantitative estimate of drug-likeness (QED) is 0.333. The number of nitrogens with one attached hydrogen (secondary N) is 3. The molecule has 3 atom stereocenters. The lowest BCUT2D eigenvalue weighted by atomic mass is 10.2. The fourth-order valence-corrected chi connectivity index (χ4v) is 2.59. The van der Waals surface area contributed by atoms with E-state index < -0.39 is 15.7 Å². The van der Waals surface area contributed by atoms with E-state index >= 15 is 0 Å². The average molecular weight is 425 g/mol. The number of hydrogen-bond acceptors (Lipinski definition) is 6. The molecule has 0 radical (unpaired) electrons. The largest absolute Gasteiger partial charge is 0.595 e. The predicted octanol–water partition coefficient (Wildman–Crippen LogP) is 1.22. The van der Waals surface area contributed by atoms with Crippen LogP contribution < -0.4 is 25.4 Å². The van der Waals surface area contributed by atoms with E-state index in [0.717, 1.165) is 0 Å². The number of rotatable bonds is 10. The van der Waals surface area contributed by atoms with Crippen molar-refractivity contribution in [3.05, 3.63) is 107 Å². The van der Waals surface area contributed by atoms with Gasteiger partial charge in [-0.05, 0) is 36.8 Å². The third-order valence-corrected chi connectivity index (χ3v) is 4.05. The van der Waals surface area contributed by atoms with Gasteiger partial charge in [0.25, 0.3) is 0 Å². The summed E-state index contributed by atoms with van der Waals surface area (Å²) in [4.78, 5) is 15.8. The van der Waals surface area contributed by atoms with Crippen LogP contribution in [-0.4, -0.2) is 6.61 Å². The van der Waals surface area contributed by atoms with E-state index in [0.29, 0.717) is 17.1 Å². The van der Waals surface area contributed by atoms with Crippen molar-refractivity contribution in [1.29, 1.82) is 0 Å². The van der Waals surface area contributed by atoms with E-state index in [2.05, 4.69) is 6.58 Å². The van der Waals surface area contributed by atoms with Gasteiger partial charge in [0, 0.05) is 12.1 Å². The maximum atomic E-state index is 12.8. The molecule has 162 valence electrons. The maximum Gasteiger partial charge on any atom is 0.244 e. The van der Waals surface area contributed by atoms with E-state index in [4.69, 9.17) is 14.5 Å². The van der Waals surface area contributed by atoms with Gasteiger partial charge in [-0.2, -0.15) is 10.1 Å². The SMILES string of the molecule is C=C(C)CO[NH+]([O-])c1ccc([NH+]([O-])Oc2ccccc2)c([NH+]([O-])Oc2ccccc2)c1. The van der Waals surface area contributed by atoms with Gasteiger partial charge in [-0.15, -0.1) is 10.5 Å². The minimum absolute atomic E-state index is 0.0405. The molecule has 9 nitrogen and oxygen atoms in total. The van der Waals surface area contributed by atoms with Crippen LogP contribution in [0.25, 0.3) is 0 Å². The van der Waals surface area contributed by atoms with Crippen molar-refractivity contribution in [2.24, 2.45) is 0 Å². The maximum absolute atomic E-state index is 12.8. The second kappa shape index (κ2) is 10.7. The summed E-state index contributed by atoms with van der Waals surface area (Å²) < 4.78 is 0. The molecule has 9 heteroatoms. The van der Waals surface area contributed by atoms with Crippen LogP contribution in [0.3, 0.4) is 0 Å². The molecular weight excluding hydrogens is 402 g/mol. The molecule has 0 fully saturated rings. The van der Waals surface area contributed by atoms with E-state index in [1.807, 2.05) is 0 Å². The van der Waals surface area contributed by atoms with Crippen LogP contribution in [0.5, 0.6) is 11.5 Å². The van der Waals surface area contributed by atoms with Crippen LogP contribution in [0.1, 0.15) is 6.92 Å². The molecule has 0 saturated carbocycles. The Bertz CT molecular complexity index is 987. The molecule has 3 aromatic rings. The molecule has 0 heterocycles. The smallest absolute Gasteiger partial charge is 0.244 e. The van der Waals surface area contributed by atoms with Crippen LogP contribution in [0.4, 0.5) is 17.1 Å². The molecule has 3 rings (SSSR count). The highest BCUT2D eigenvalue weighted by atomic mass is 16.9.